The number of hydrogen-bond donors (Lipinski definition) is 0. The lowest BCUT2D eigenvalue weighted by Gasteiger charge is -2.37. The molecule has 0 N–H and O–H groups in total. The van der Waals surface area contributed by atoms with Crippen molar-refractivity contribution in [2.24, 2.45) is 5.92 Å². The minimum atomic E-state index is 0. The van der Waals surface area contributed by atoms with Crippen molar-refractivity contribution in [3.63, 3.8) is 0 Å². The van der Waals surface area contributed by atoms with Crippen LogP contribution in [0.2, 0.25) is 0 Å². The maximum absolute atomic E-state index is 11.0. The average Bonchev–Trinajstić information content (AvgIpc) is 1.90. The molecule has 58 valence electrons. The quantitative estimate of drug-likeness (QED) is 0.522. The van der Waals surface area contributed by atoms with E-state index in [1.807, 2.05) is 0 Å². The molecule has 3 fully saturated rings. The second kappa shape index (κ2) is 2.89. The van der Waals surface area contributed by atoms with E-state index in [1.54, 1.807) is 0 Å². The standard InChI is InChI=1S/C7H11NO.ClH/c9-7-5-8-3-1-6(7)2-4-8;/h6H,1-5H2;1H. The van der Waals surface area contributed by atoms with E-state index in [1.165, 1.54) is 0 Å². The third-order valence-electron chi connectivity index (χ3n) is 2.42. The fourth-order valence-corrected chi connectivity index (χ4v) is 1.76. The second-order valence-electron chi connectivity index (χ2n) is 3.02. The normalized spacial score (nSPS) is 37.4. The van der Waals surface area contributed by atoms with Crippen LogP contribution >= 0.6 is 12.4 Å². The number of hydrogen-bond acceptors (Lipinski definition) is 2. The lowest BCUT2D eigenvalue weighted by molar-refractivity contribution is -0.130. The molecule has 0 amide bonds. The Morgan fingerprint density at radius 2 is 1.90 bits per heavy atom. The lowest BCUT2D eigenvalue weighted by atomic mass is 9.87. The van der Waals surface area contributed by atoms with E-state index in [9.17, 15) is 4.79 Å². The van der Waals surface area contributed by atoms with Gasteiger partial charge in [-0.15, -0.1) is 12.4 Å². The zero-order valence-electron chi connectivity index (χ0n) is 5.88. The highest BCUT2D eigenvalue weighted by atomic mass is 35.5. The Labute approximate surface area is 67.0 Å². The molecule has 0 aliphatic carbocycles. The first-order chi connectivity index (χ1) is 4.36. The summed E-state index contributed by atoms with van der Waals surface area (Å²) >= 11 is 0. The first-order valence-corrected chi connectivity index (χ1v) is 3.61. The molecular formula is C7H12ClNO. The van der Waals surface area contributed by atoms with E-state index in [-0.39, 0.29) is 12.4 Å². The van der Waals surface area contributed by atoms with Crippen molar-refractivity contribution in [3.8, 4) is 0 Å². The summed E-state index contributed by atoms with van der Waals surface area (Å²) in [5.74, 6) is 0.919. The van der Waals surface area contributed by atoms with Gasteiger partial charge in [0.05, 0.1) is 6.54 Å². The first-order valence-electron chi connectivity index (χ1n) is 3.61. The van der Waals surface area contributed by atoms with Gasteiger partial charge >= 0.3 is 0 Å². The summed E-state index contributed by atoms with van der Waals surface area (Å²) in [5.41, 5.74) is 0. The van der Waals surface area contributed by atoms with Crippen molar-refractivity contribution in [2.45, 2.75) is 12.8 Å². The maximum Gasteiger partial charge on any atom is 0.149 e. The van der Waals surface area contributed by atoms with Crippen molar-refractivity contribution in [1.29, 1.82) is 0 Å². The fourth-order valence-electron chi connectivity index (χ4n) is 1.76. The molecule has 0 aromatic heterocycles. The topological polar surface area (TPSA) is 20.3 Å². The molecule has 0 unspecified atom stereocenters. The maximum atomic E-state index is 11.0. The number of halogens is 1. The molecule has 0 aromatic rings. The summed E-state index contributed by atoms with van der Waals surface area (Å²) in [4.78, 5) is 13.3. The number of piperidine rings is 3. The molecule has 2 bridgehead atoms. The average molecular weight is 162 g/mol. The molecule has 3 saturated heterocycles. The van der Waals surface area contributed by atoms with Gasteiger partial charge < -0.3 is 0 Å². The minimum Gasteiger partial charge on any atom is -0.298 e. The van der Waals surface area contributed by atoms with E-state index >= 15 is 0 Å². The van der Waals surface area contributed by atoms with Gasteiger partial charge in [-0.3, -0.25) is 9.69 Å². The molecular weight excluding hydrogens is 150 g/mol. The van der Waals surface area contributed by atoms with Crippen molar-refractivity contribution in [2.75, 3.05) is 19.6 Å². The molecule has 3 rings (SSSR count). The number of ketones is 1. The van der Waals surface area contributed by atoms with Gasteiger partial charge in [-0.25, -0.2) is 0 Å². The summed E-state index contributed by atoms with van der Waals surface area (Å²) in [6, 6.07) is 0. The van der Waals surface area contributed by atoms with Gasteiger partial charge in [0.1, 0.15) is 5.78 Å². The minimum absolute atomic E-state index is 0. The van der Waals surface area contributed by atoms with Crippen LogP contribution in [0.5, 0.6) is 0 Å². The molecule has 3 heteroatoms. The van der Waals surface area contributed by atoms with Crippen LogP contribution in [0.1, 0.15) is 12.8 Å². The van der Waals surface area contributed by atoms with Crippen molar-refractivity contribution < 1.29 is 4.79 Å². The molecule has 3 heterocycles. The van der Waals surface area contributed by atoms with Crippen LogP contribution in [0.25, 0.3) is 0 Å². The van der Waals surface area contributed by atoms with Gasteiger partial charge in [0.25, 0.3) is 0 Å². The third kappa shape index (κ3) is 1.18. The highest BCUT2D eigenvalue weighted by molar-refractivity contribution is 5.85. The van der Waals surface area contributed by atoms with E-state index in [0.29, 0.717) is 11.7 Å². The number of rotatable bonds is 0. The van der Waals surface area contributed by atoms with Crippen LogP contribution in [0.4, 0.5) is 0 Å². The highest BCUT2D eigenvalue weighted by Gasteiger charge is 2.31. The van der Waals surface area contributed by atoms with Crippen LogP contribution < -0.4 is 0 Å². The highest BCUT2D eigenvalue weighted by Crippen LogP contribution is 2.23. The molecule has 3 aliphatic heterocycles. The molecule has 0 radical (unpaired) electrons. The molecule has 0 saturated carbocycles. The number of carbonyl (C=O) groups is 1. The summed E-state index contributed by atoms with van der Waals surface area (Å²) in [7, 11) is 0. The van der Waals surface area contributed by atoms with Gasteiger partial charge in [0, 0.05) is 5.92 Å². The Hall–Kier alpha value is -0.0800. The summed E-state index contributed by atoms with van der Waals surface area (Å²) in [5, 5.41) is 0. The summed E-state index contributed by atoms with van der Waals surface area (Å²) in [6.07, 6.45) is 2.25. The molecule has 0 spiro atoms. The van der Waals surface area contributed by atoms with Crippen LogP contribution in [-0.4, -0.2) is 30.3 Å². The van der Waals surface area contributed by atoms with Crippen LogP contribution in [0.15, 0.2) is 0 Å². The molecule has 3 aliphatic rings. The Kier molecular flexibility index (Phi) is 2.32. The Bertz CT molecular complexity index is 141. The van der Waals surface area contributed by atoms with Crippen LogP contribution in [0, 0.1) is 5.92 Å². The Balaban J connectivity index is 0.000000500. The fraction of sp³-hybridized carbons (Fsp3) is 0.857. The van der Waals surface area contributed by atoms with Crippen LogP contribution in [0.3, 0.4) is 0 Å². The Morgan fingerprint density at radius 1 is 1.30 bits per heavy atom. The zero-order valence-corrected chi connectivity index (χ0v) is 6.69. The van der Waals surface area contributed by atoms with Gasteiger partial charge in [0.2, 0.25) is 0 Å². The number of nitrogens with zero attached hydrogens (tertiary/aromatic N) is 1. The number of fused-ring (bicyclic) bond motifs is 3. The second-order valence-corrected chi connectivity index (χ2v) is 3.02. The predicted molar refractivity (Wildman–Crippen MR) is 41.4 cm³/mol. The van der Waals surface area contributed by atoms with E-state index in [2.05, 4.69) is 4.90 Å². The first kappa shape index (κ1) is 8.02. The molecule has 2 nitrogen and oxygen atoms in total. The monoisotopic (exact) mass is 161 g/mol. The molecule has 10 heavy (non-hydrogen) atoms. The van der Waals surface area contributed by atoms with E-state index < -0.39 is 0 Å². The van der Waals surface area contributed by atoms with E-state index in [4.69, 9.17) is 0 Å². The van der Waals surface area contributed by atoms with Crippen molar-refractivity contribution in [3.05, 3.63) is 0 Å². The van der Waals surface area contributed by atoms with Gasteiger partial charge in [0.15, 0.2) is 0 Å². The molecule has 0 aromatic carbocycles. The smallest absolute Gasteiger partial charge is 0.149 e. The Morgan fingerprint density at radius 3 is 2.10 bits per heavy atom. The SMILES string of the molecule is Cl.O=C1CN2CCC1CC2. The van der Waals surface area contributed by atoms with Gasteiger partial charge in [-0.2, -0.15) is 0 Å². The van der Waals surface area contributed by atoms with Gasteiger partial charge in [-0.05, 0) is 25.9 Å². The van der Waals surface area contributed by atoms with Crippen LogP contribution in [-0.2, 0) is 4.79 Å². The van der Waals surface area contributed by atoms with Crippen molar-refractivity contribution >= 4 is 18.2 Å². The zero-order chi connectivity index (χ0) is 6.27. The summed E-state index contributed by atoms with van der Waals surface area (Å²) in [6.45, 7) is 3.07. The van der Waals surface area contributed by atoms with Gasteiger partial charge in [-0.1, -0.05) is 0 Å². The predicted octanol–water partition coefficient (Wildman–Crippen LogP) is 0.703. The molecule has 0 atom stereocenters. The number of Topliss-reactive ketones (excluding diaryl/α,β-unsaturated/α-hetero) is 1. The lowest BCUT2D eigenvalue weighted by Crippen LogP contribution is -2.47. The third-order valence-corrected chi connectivity index (χ3v) is 2.42. The summed E-state index contributed by atoms with van der Waals surface area (Å²) < 4.78 is 0. The number of carbonyl (C=O) groups excluding carboxylic acids is 1. The largest absolute Gasteiger partial charge is 0.298 e. The van der Waals surface area contributed by atoms with E-state index in [0.717, 1.165) is 32.5 Å². The van der Waals surface area contributed by atoms with Crippen molar-refractivity contribution in [1.82, 2.24) is 4.90 Å².